The minimum atomic E-state index is -0.201. The summed E-state index contributed by atoms with van der Waals surface area (Å²) in [5.41, 5.74) is 0.865. The molecule has 0 aliphatic carbocycles. The Kier molecular flexibility index (Phi) is 5.18. The average Bonchev–Trinajstić information content (AvgIpc) is 3.09. The molecule has 0 amide bonds. The number of thioether (sulfide) groups is 1. The normalized spacial score (nSPS) is 22.4. The first-order chi connectivity index (χ1) is 12.3. The van der Waals surface area contributed by atoms with Crippen molar-refractivity contribution in [2.24, 2.45) is 0 Å². The van der Waals surface area contributed by atoms with E-state index >= 15 is 0 Å². The van der Waals surface area contributed by atoms with Gasteiger partial charge >= 0.3 is 0 Å². The van der Waals surface area contributed by atoms with Crippen molar-refractivity contribution in [3.63, 3.8) is 0 Å². The second-order valence-corrected chi connectivity index (χ2v) is 7.65. The summed E-state index contributed by atoms with van der Waals surface area (Å²) in [6, 6.07) is 0. The van der Waals surface area contributed by atoms with E-state index < -0.39 is 0 Å². The fourth-order valence-corrected chi connectivity index (χ4v) is 4.21. The Bertz CT molecular complexity index is 706. The van der Waals surface area contributed by atoms with Gasteiger partial charge in [0.25, 0.3) is 0 Å². The van der Waals surface area contributed by atoms with Crippen molar-refractivity contribution >= 4 is 34.7 Å². The van der Waals surface area contributed by atoms with Crippen LogP contribution in [0.25, 0.3) is 11.3 Å². The first-order valence-corrected chi connectivity index (χ1v) is 9.92. The van der Waals surface area contributed by atoms with E-state index in [1.165, 1.54) is 0 Å². The molecule has 2 fully saturated rings. The smallest absolute Gasteiger partial charge is 0.245 e. The predicted octanol–water partition coefficient (Wildman–Crippen LogP) is 0.435. The van der Waals surface area contributed by atoms with E-state index in [0.717, 1.165) is 75.3 Å². The van der Waals surface area contributed by atoms with Crippen LogP contribution in [0.4, 0.5) is 11.6 Å². The van der Waals surface area contributed by atoms with Crippen molar-refractivity contribution in [3.05, 3.63) is 0 Å². The largest absolute Gasteiger partial charge is 0.392 e. The number of nitrogens with one attached hydrogen (secondary N) is 1. The minimum absolute atomic E-state index is 0.201. The van der Waals surface area contributed by atoms with Gasteiger partial charge in [0.05, 0.1) is 6.10 Å². The van der Waals surface area contributed by atoms with Crippen LogP contribution in [-0.4, -0.2) is 87.2 Å². The molecule has 9 nitrogen and oxygen atoms in total. The number of aliphatic hydroxyl groups excluding tert-OH is 1. The van der Waals surface area contributed by atoms with Gasteiger partial charge in [-0.25, -0.2) is 14.6 Å². The maximum absolute atomic E-state index is 9.79. The van der Waals surface area contributed by atoms with Gasteiger partial charge < -0.3 is 15.3 Å². The highest BCUT2D eigenvalue weighted by Crippen LogP contribution is 2.26. The van der Waals surface area contributed by atoms with Crippen LogP contribution >= 0.6 is 11.8 Å². The number of hydrogen-bond donors (Lipinski definition) is 2. The van der Waals surface area contributed by atoms with Gasteiger partial charge in [0.1, 0.15) is 0 Å². The van der Waals surface area contributed by atoms with Crippen molar-refractivity contribution in [2.75, 3.05) is 61.0 Å². The molecule has 0 bridgehead atoms. The molecule has 2 aliphatic heterocycles. The lowest BCUT2D eigenvalue weighted by atomic mass is 10.1. The number of aliphatic hydroxyl groups is 1. The van der Waals surface area contributed by atoms with E-state index in [-0.39, 0.29) is 6.10 Å². The van der Waals surface area contributed by atoms with Crippen molar-refractivity contribution in [1.82, 2.24) is 25.2 Å². The number of rotatable bonds is 5. The molecule has 2 aromatic rings. The molecule has 0 unspecified atom stereocenters. The molecule has 0 aromatic carbocycles. The molecule has 25 heavy (non-hydrogen) atoms. The molecule has 1 atom stereocenters. The number of aromatic nitrogens is 4. The number of piperidine rings is 1. The van der Waals surface area contributed by atoms with Gasteiger partial charge in [-0.3, -0.25) is 4.90 Å². The summed E-state index contributed by atoms with van der Waals surface area (Å²) in [4.78, 5) is 13.7. The molecule has 4 rings (SSSR count). The Morgan fingerprint density at radius 1 is 1.16 bits per heavy atom. The maximum Gasteiger partial charge on any atom is 0.245 e. The molecule has 0 spiro atoms. The predicted molar refractivity (Wildman–Crippen MR) is 97.1 cm³/mol. The summed E-state index contributed by atoms with van der Waals surface area (Å²) in [6.45, 7) is 5.28. The molecule has 2 saturated heterocycles. The topological polar surface area (TPSA) is 103 Å². The first-order valence-electron chi connectivity index (χ1n) is 8.77. The molecule has 2 N–H and O–H groups in total. The summed E-state index contributed by atoms with van der Waals surface area (Å²) in [6.07, 6.45) is 1.75. The van der Waals surface area contributed by atoms with E-state index in [0.29, 0.717) is 11.3 Å². The van der Waals surface area contributed by atoms with Crippen LogP contribution in [0, 0.1) is 0 Å². The molecule has 4 heterocycles. The third kappa shape index (κ3) is 3.96. The Morgan fingerprint density at radius 3 is 2.76 bits per heavy atom. The molecule has 0 saturated carbocycles. The quantitative estimate of drug-likeness (QED) is 0.775. The number of nitrogens with zero attached hydrogens (tertiary/aromatic N) is 6. The van der Waals surface area contributed by atoms with Crippen molar-refractivity contribution in [3.8, 4) is 0 Å². The zero-order valence-electron chi connectivity index (χ0n) is 14.1. The number of β-amino-alcohol motifs (C(OH)–C–C–N with tert-alkyl or cyclic N) is 1. The summed E-state index contributed by atoms with van der Waals surface area (Å²) >= 11 is 1.95. The highest BCUT2D eigenvalue weighted by molar-refractivity contribution is 7.99. The minimum Gasteiger partial charge on any atom is -0.392 e. The highest BCUT2D eigenvalue weighted by atomic mass is 32.2. The number of likely N-dealkylation sites (tertiary alicyclic amines) is 1. The lowest BCUT2D eigenvalue weighted by Gasteiger charge is -2.30. The lowest BCUT2D eigenvalue weighted by Crippen LogP contribution is -2.40. The van der Waals surface area contributed by atoms with Crippen molar-refractivity contribution < 1.29 is 9.74 Å². The molecular weight excluding hydrogens is 342 g/mol. The van der Waals surface area contributed by atoms with Gasteiger partial charge in [-0.15, -0.1) is 0 Å². The molecule has 0 radical (unpaired) electrons. The van der Waals surface area contributed by atoms with Crippen LogP contribution < -0.4 is 10.2 Å². The molecule has 2 aromatic heterocycles. The van der Waals surface area contributed by atoms with Crippen LogP contribution in [0.2, 0.25) is 0 Å². The Morgan fingerprint density at radius 2 is 1.96 bits per heavy atom. The third-order valence-electron chi connectivity index (χ3n) is 4.61. The highest BCUT2D eigenvalue weighted by Gasteiger charge is 2.21. The lowest BCUT2D eigenvalue weighted by molar-refractivity contribution is 0.0730. The van der Waals surface area contributed by atoms with Gasteiger partial charge in [0, 0.05) is 44.2 Å². The number of hydrogen-bond acceptors (Lipinski definition) is 10. The number of anilines is 2. The van der Waals surface area contributed by atoms with E-state index in [1.807, 2.05) is 11.8 Å². The van der Waals surface area contributed by atoms with E-state index in [2.05, 4.69) is 35.4 Å². The Hall–Kier alpha value is -1.65. The average molecular weight is 365 g/mol. The fraction of sp³-hybridized carbons (Fsp3) is 0.733. The second kappa shape index (κ2) is 7.71. The van der Waals surface area contributed by atoms with Crippen molar-refractivity contribution in [1.29, 1.82) is 0 Å². The van der Waals surface area contributed by atoms with Crippen LogP contribution in [0.15, 0.2) is 4.63 Å². The zero-order valence-corrected chi connectivity index (χ0v) is 14.9. The van der Waals surface area contributed by atoms with Crippen LogP contribution in [0.1, 0.15) is 12.8 Å². The zero-order chi connectivity index (χ0) is 17.1. The maximum atomic E-state index is 9.79. The van der Waals surface area contributed by atoms with Gasteiger partial charge in [-0.05, 0) is 29.7 Å². The molecule has 2 aliphatic rings. The SMILES string of the molecule is O[C@H]1CCCN(CCNc2nc3nonc3nc2N2CCSCC2)C1. The summed E-state index contributed by atoms with van der Waals surface area (Å²) in [5.74, 6) is 3.72. The number of fused-ring (bicyclic) bond motifs is 1. The van der Waals surface area contributed by atoms with Gasteiger partial charge in [0.15, 0.2) is 11.6 Å². The first kappa shape index (κ1) is 16.8. The fourth-order valence-electron chi connectivity index (χ4n) is 3.31. The molecular formula is C15H23N7O2S. The van der Waals surface area contributed by atoms with E-state index in [1.54, 1.807) is 0 Å². The standard InChI is InChI=1S/C15H23N7O2S/c23-11-2-1-4-21(10-11)5-3-16-14-15(22-6-8-25-9-7-22)18-13-12(17-14)19-24-20-13/h11,23H,1-10H2,(H,16,17,19)/t11-/m0/s1. The van der Waals surface area contributed by atoms with E-state index in [9.17, 15) is 5.11 Å². The van der Waals surface area contributed by atoms with Crippen LogP contribution in [-0.2, 0) is 0 Å². The molecule has 136 valence electrons. The summed E-state index contributed by atoms with van der Waals surface area (Å²) in [5, 5.41) is 20.8. The van der Waals surface area contributed by atoms with Crippen molar-refractivity contribution in [2.45, 2.75) is 18.9 Å². The van der Waals surface area contributed by atoms with E-state index in [4.69, 9.17) is 4.63 Å². The Labute approximate surface area is 150 Å². The summed E-state index contributed by atoms with van der Waals surface area (Å²) in [7, 11) is 0. The monoisotopic (exact) mass is 365 g/mol. The van der Waals surface area contributed by atoms with Gasteiger partial charge in [-0.2, -0.15) is 11.8 Å². The van der Waals surface area contributed by atoms with Gasteiger partial charge in [0.2, 0.25) is 11.3 Å². The Balaban J connectivity index is 1.46. The second-order valence-electron chi connectivity index (χ2n) is 6.43. The molecule has 10 heteroatoms. The third-order valence-corrected chi connectivity index (χ3v) is 5.55. The summed E-state index contributed by atoms with van der Waals surface area (Å²) < 4.78 is 4.76. The van der Waals surface area contributed by atoms with Crippen LogP contribution in [0.3, 0.4) is 0 Å². The van der Waals surface area contributed by atoms with Gasteiger partial charge in [-0.1, -0.05) is 0 Å². The van der Waals surface area contributed by atoms with Crippen LogP contribution in [0.5, 0.6) is 0 Å².